The van der Waals surface area contributed by atoms with Gasteiger partial charge in [0.05, 0.1) is 4.47 Å². The number of nitrogen functional groups attached to an aromatic ring is 1. The minimum absolute atomic E-state index is 0.297. The largest absolute Gasteiger partial charge is 0.438 e. The van der Waals surface area contributed by atoms with E-state index in [4.69, 9.17) is 10.5 Å². The quantitative estimate of drug-likeness (QED) is 0.944. The summed E-state index contributed by atoms with van der Waals surface area (Å²) in [5.74, 6) is 1.16. The summed E-state index contributed by atoms with van der Waals surface area (Å²) in [4.78, 5) is 8.20. The van der Waals surface area contributed by atoms with E-state index >= 15 is 0 Å². The van der Waals surface area contributed by atoms with Gasteiger partial charge in [0.1, 0.15) is 23.2 Å². The molecule has 6 heteroatoms. The second-order valence-electron chi connectivity index (χ2n) is 3.58. The molecule has 0 amide bonds. The van der Waals surface area contributed by atoms with Gasteiger partial charge in [-0.15, -0.1) is 0 Å². The topological polar surface area (TPSA) is 61.0 Å². The molecular formula is C12H11BrFN3O. The van der Waals surface area contributed by atoms with Gasteiger partial charge in [0, 0.05) is 18.6 Å². The van der Waals surface area contributed by atoms with E-state index in [9.17, 15) is 4.39 Å². The van der Waals surface area contributed by atoms with Crippen LogP contribution in [0.2, 0.25) is 0 Å². The zero-order valence-corrected chi connectivity index (χ0v) is 11.2. The lowest BCUT2D eigenvalue weighted by atomic mass is 10.3. The van der Waals surface area contributed by atoms with Gasteiger partial charge >= 0.3 is 0 Å². The molecular weight excluding hydrogens is 301 g/mol. The fourth-order valence-electron chi connectivity index (χ4n) is 1.37. The van der Waals surface area contributed by atoms with Crippen molar-refractivity contribution in [2.24, 2.45) is 0 Å². The monoisotopic (exact) mass is 311 g/mol. The van der Waals surface area contributed by atoms with Crippen molar-refractivity contribution in [3.63, 3.8) is 0 Å². The van der Waals surface area contributed by atoms with E-state index < -0.39 is 0 Å². The molecule has 0 radical (unpaired) electrons. The number of nitrogens with two attached hydrogens (primary N) is 1. The van der Waals surface area contributed by atoms with E-state index in [1.807, 2.05) is 6.92 Å². The first kappa shape index (κ1) is 12.8. The number of hydrogen-bond acceptors (Lipinski definition) is 4. The minimum atomic E-state index is -0.383. The van der Waals surface area contributed by atoms with Gasteiger partial charge < -0.3 is 10.5 Å². The molecule has 0 unspecified atom stereocenters. The molecule has 0 aliphatic carbocycles. The third kappa shape index (κ3) is 2.95. The summed E-state index contributed by atoms with van der Waals surface area (Å²) in [5, 5.41) is 0. The van der Waals surface area contributed by atoms with E-state index in [-0.39, 0.29) is 5.82 Å². The lowest BCUT2D eigenvalue weighted by Crippen LogP contribution is -2.00. The zero-order valence-electron chi connectivity index (χ0n) is 9.65. The Kier molecular flexibility index (Phi) is 3.76. The highest BCUT2D eigenvalue weighted by Gasteiger charge is 2.07. The molecule has 2 rings (SSSR count). The Bertz CT molecular complexity index is 577. The molecule has 0 fully saturated rings. The summed E-state index contributed by atoms with van der Waals surface area (Å²) in [6.45, 7) is 1.91. The van der Waals surface area contributed by atoms with Crippen molar-refractivity contribution in [3.05, 3.63) is 40.4 Å². The number of benzene rings is 1. The summed E-state index contributed by atoms with van der Waals surface area (Å²) >= 11 is 3.28. The first-order valence-electron chi connectivity index (χ1n) is 5.35. The van der Waals surface area contributed by atoms with Crippen LogP contribution in [-0.4, -0.2) is 9.97 Å². The summed E-state index contributed by atoms with van der Waals surface area (Å²) in [6, 6.07) is 5.67. The van der Waals surface area contributed by atoms with Gasteiger partial charge in [0.15, 0.2) is 0 Å². The van der Waals surface area contributed by atoms with Crippen LogP contribution < -0.4 is 10.5 Å². The number of hydrogen-bond donors (Lipinski definition) is 1. The van der Waals surface area contributed by atoms with Crippen LogP contribution in [0.3, 0.4) is 0 Å². The highest BCUT2D eigenvalue weighted by Crippen LogP contribution is 2.29. The molecule has 0 saturated heterocycles. The van der Waals surface area contributed by atoms with Gasteiger partial charge in [-0.05, 0) is 28.1 Å². The second kappa shape index (κ2) is 5.30. The number of halogens is 2. The smallest absolute Gasteiger partial charge is 0.224 e. The molecule has 0 bridgehead atoms. The summed E-state index contributed by atoms with van der Waals surface area (Å²) in [6.07, 6.45) is 0.645. The number of rotatable bonds is 3. The van der Waals surface area contributed by atoms with Gasteiger partial charge in [0.2, 0.25) is 5.88 Å². The van der Waals surface area contributed by atoms with Gasteiger partial charge in [0.25, 0.3) is 0 Å². The van der Waals surface area contributed by atoms with Crippen molar-refractivity contribution >= 4 is 21.7 Å². The third-order valence-corrected chi connectivity index (χ3v) is 2.85. The number of aryl methyl sites for hydroxylation is 1. The minimum Gasteiger partial charge on any atom is -0.438 e. The lowest BCUT2D eigenvalue weighted by Gasteiger charge is -2.08. The van der Waals surface area contributed by atoms with Gasteiger partial charge in [-0.1, -0.05) is 6.92 Å². The van der Waals surface area contributed by atoms with E-state index in [1.54, 1.807) is 6.07 Å². The third-order valence-electron chi connectivity index (χ3n) is 2.19. The lowest BCUT2D eigenvalue weighted by molar-refractivity contribution is 0.452. The van der Waals surface area contributed by atoms with Crippen LogP contribution in [-0.2, 0) is 6.42 Å². The van der Waals surface area contributed by atoms with E-state index in [0.717, 1.165) is 0 Å². The van der Waals surface area contributed by atoms with Crippen molar-refractivity contribution in [2.45, 2.75) is 13.3 Å². The molecule has 4 nitrogen and oxygen atoms in total. The second-order valence-corrected chi connectivity index (χ2v) is 4.43. The SMILES string of the molecule is CCc1nc(N)cc(Oc2cc(F)ccc2Br)n1. The maximum atomic E-state index is 13.1. The van der Waals surface area contributed by atoms with Gasteiger partial charge in [-0.3, -0.25) is 0 Å². The summed E-state index contributed by atoms with van der Waals surface area (Å²) in [5.41, 5.74) is 5.64. The number of ether oxygens (including phenoxy) is 1. The Hall–Kier alpha value is -1.69. The van der Waals surface area contributed by atoms with Crippen LogP contribution in [0, 0.1) is 5.82 Å². The molecule has 1 aromatic heterocycles. The summed E-state index contributed by atoms with van der Waals surface area (Å²) in [7, 11) is 0. The highest BCUT2D eigenvalue weighted by atomic mass is 79.9. The van der Waals surface area contributed by atoms with Gasteiger partial charge in [-0.2, -0.15) is 4.98 Å². The van der Waals surface area contributed by atoms with Crippen molar-refractivity contribution in [1.82, 2.24) is 9.97 Å². The molecule has 0 saturated carbocycles. The molecule has 94 valence electrons. The molecule has 0 spiro atoms. The van der Waals surface area contributed by atoms with Crippen molar-refractivity contribution < 1.29 is 9.13 Å². The standard InChI is InChI=1S/C12H11BrFN3O/c1-2-11-16-10(15)6-12(17-11)18-9-5-7(14)3-4-8(9)13/h3-6H,2H2,1H3,(H2,15,16,17). The maximum Gasteiger partial charge on any atom is 0.224 e. The summed E-state index contributed by atoms with van der Waals surface area (Å²) < 4.78 is 19.2. The van der Waals surface area contributed by atoms with Crippen molar-refractivity contribution in [1.29, 1.82) is 0 Å². The van der Waals surface area contributed by atoms with Crippen molar-refractivity contribution in [3.8, 4) is 11.6 Å². The number of aromatic nitrogens is 2. The van der Waals surface area contributed by atoms with Crippen LogP contribution in [0.15, 0.2) is 28.7 Å². The average Bonchev–Trinajstić information content (AvgIpc) is 2.33. The molecule has 0 atom stereocenters. The molecule has 1 aromatic carbocycles. The average molecular weight is 312 g/mol. The molecule has 0 aliphatic rings. The van der Waals surface area contributed by atoms with Crippen LogP contribution in [0.4, 0.5) is 10.2 Å². The van der Waals surface area contributed by atoms with Crippen LogP contribution in [0.5, 0.6) is 11.6 Å². The van der Waals surface area contributed by atoms with E-state index in [2.05, 4.69) is 25.9 Å². The Labute approximate surface area is 112 Å². The first-order chi connectivity index (χ1) is 8.58. The molecule has 0 aliphatic heterocycles. The molecule has 2 aromatic rings. The fourth-order valence-corrected chi connectivity index (χ4v) is 1.70. The first-order valence-corrected chi connectivity index (χ1v) is 6.14. The van der Waals surface area contributed by atoms with E-state index in [0.29, 0.717) is 34.2 Å². The fraction of sp³-hybridized carbons (Fsp3) is 0.167. The molecule has 18 heavy (non-hydrogen) atoms. The Morgan fingerprint density at radius 2 is 2.11 bits per heavy atom. The normalized spacial score (nSPS) is 10.4. The Balaban J connectivity index is 2.33. The number of nitrogens with zero attached hydrogens (tertiary/aromatic N) is 2. The van der Waals surface area contributed by atoms with Crippen LogP contribution in [0.25, 0.3) is 0 Å². The highest BCUT2D eigenvalue weighted by molar-refractivity contribution is 9.10. The van der Waals surface area contributed by atoms with Crippen molar-refractivity contribution in [2.75, 3.05) is 5.73 Å². The predicted octanol–water partition coefficient (Wildman–Crippen LogP) is 3.32. The molecule has 1 heterocycles. The maximum absolute atomic E-state index is 13.1. The zero-order chi connectivity index (χ0) is 13.1. The number of anilines is 1. The van der Waals surface area contributed by atoms with E-state index in [1.165, 1.54) is 18.2 Å². The van der Waals surface area contributed by atoms with Gasteiger partial charge in [-0.25, -0.2) is 9.37 Å². The van der Waals surface area contributed by atoms with Crippen LogP contribution in [0.1, 0.15) is 12.7 Å². The Morgan fingerprint density at radius 3 is 2.83 bits per heavy atom. The molecule has 2 N–H and O–H groups in total. The Morgan fingerprint density at radius 1 is 1.33 bits per heavy atom. The van der Waals surface area contributed by atoms with Crippen LogP contribution >= 0.6 is 15.9 Å². The predicted molar refractivity (Wildman–Crippen MR) is 70.0 cm³/mol.